The van der Waals surface area contributed by atoms with Crippen LogP contribution in [0.3, 0.4) is 0 Å². The monoisotopic (exact) mass is 396 g/mol. The fourth-order valence-corrected chi connectivity index (χ4v) is 2.86. The van der Waals surface area contributed by atoms with E-state index in [0.717, 1.165) is 6.42 Å². The molecular formula is C17H18BrFN2O3. The van der Waals surface area contributed by atoms with E-state index in [-0.39, 0.29) is 11.4 Å². The number of aromatic nitrogens is 1. The second-order valence-electron chi connectivity index (χ2n) is 5.30. The molecule has 0 aliphatic heterocycles. The van der Waals surface area contributed by atoms with Gasteiger partial charge in [0.1, 0.15) is 11.5 Å². The van der Waals surface area contributed by atoms with Crippen molar-refractivity contribution >= 4 is 33.5 Å². The van der Waals surface area contributed by atoms with Gasteiger partial charge in [0.05, 0.1) is 18.4 Å². The Bertz CT molecular complexity index is 786. The molecule has 0 aliphatic rings. The van der Waals surface area contributed by atoms with E-state index in [1.807, 2.05) is 6.92 Å². The van der Waals surface area contributed by atoms with Crippen molar-refractivity contribution in [2.75, 3.05) is 12.4 Å². The van der Waals surface area contributed by atoms with E-state index in [1.165, 1.54) is 19.2 Å². The number of rotatable bonds is 5. The topological polar surface area (TPSA) is 71.2 Å². The van der Waals surface area contributed by atoms with Crippen LogP contribution in [0, 0.1) is 12.7 Å². The number of amides is 1. The van der Waals surface area contributed by atoms with E-state index in [4.69, 9.17) is 4.74 Å². The molecule has 0 saturated carbocycles. The third kappa shape index (κ3) is 3.67. The lowest BCUT2D eigenvalue weighted by Crippen LogP contribution is -2.16. The molecule has 7 heteroatoms. The molecule has 2 aromatic rings. The summed E-state index contributed by atoms with van der Waals surface area (Å²) in [6.45, 7) is 3.64. The number of ether oxygens (including phenoxy) is 1. The predicted octanol–water partition coefficient (Wildman–Crippen LogP) is 4.22. The Labute approximate surface area is 147 Å². The molecule has 1 aromatic carbocycles. The van der Waals surface area contributed by atoms with Gasteiger partial charge < -0.3 is 15.0 Å². The van der Waals surface area contributed by atoms with Crippen LogP contribution in [-0.2, 0) is 11.2 Å². The van der Waals surface area contributed by atoms with Crippen LogP contribution in [0.2, 0.25) is 0 Å². The fraction of sp³-hybridized carbons (Fsp3) is 0.294. The lowest BCUT2D eigenvalue weighted by Gasteiger charge is -2.08. The molecule has 0 fully saturated rings. The largest absolute Gasteiger partial charge is 0.465 e. The summed E-state index contributed by atoms with van der Waals surface area (Å²) in [6, 6.07) is 4.36. The summed E-state index contributed by atoms with van der Waals surface area (Å²) in [4.78, 5) is 27.4. The van der Waals surface area contributed by atoms with Crippen LogP contribution >= 0.6 is 15.9 Å². The van der Waals surface area contributed by atoms with Crippen molar-refractivity contribution < 1.29 is 18.7 Å². The number of benzene rings is 1. The molecule has 2 rings (SSSR count). The van der Waals surface area contributed by atoms with Crippen LogP contribution < -0.4 is 5.32 Å². The number of hydrogen-bond donors (Lipinski definition) is 2. The molecule has 0 atom stereocenters. The number of hydrogen-bond acceptors (Lipinski definition) is 3. The van der Waals surface area contributed by atoms with Crippen LogP contribution in [0.25, 0.3) is 0 Å². The maximum absolute atomic E-state index is 13.9. The van der Waals surface area contributed by atoms with Crippen molar-refractivity contribution in [2.24, 2.45) is 0 Å². The first-order valence-electron chi connectivity index (χ1n) is 7.45. The van der Waals surface area contributed by atoms with Crippen molar-refractivity contribution in [1.29, 1.82) is 0 Å². The Balaban J connectivity index is 2.40. The van der Waals surface area contributed by atoms with Gasteiger partial charge in [0.2, 0.25) is 0 Å². The van der Waals surface area contributed by atoms with Gasteiger partial charge >= 0.3 is 5.97 Å². The number of anilines is 1. The van der Waals surface area contributed by atoms with Crippen LogP contribution in [0.4, 0.5) is 10.1 Å². The highest BCUT2D eigenvalue weighted by Crippen LogP contribution is 2.24. The molecule has 2 N–H and O–H groups in total. The number of nitrogens with one attached hydrogen (secondary N) is 2. The van der Waals surface area contributed by atoms with Crippen LogP contribution in [0.1, 0.15) is 45.4 Å². The van der Waals surface area contributed by atoms with Crippen LogP contribution in [-0.4, -0.2) is 24.0 Å². The SMILES string of the molecule is CCCc1c(C(=O)Nc2ccc(Br)cc2F)[nH]c(C)c1C(=O)OC. The van der Waals surface area contributed by atoms with Gasteiger partial charge in [-0.15, -0.1) is 0 Å². The number of carbonyl (C=O) groups excluding carboxylic acids is 2. The Morgan fingerprint density at radius 2 is 2.08 bits per heavy atom. The minimum atomic E-state index is -0.550. The lowest BCUT2D eigenvalue weighted by molar-refractivity contribution is 0.0599. The minimum Gasteiger partial charge on any atom is -0.465 e. The van der Waals surface area contributed by atoms with Crippen molar-refractivity contribution in [2.45, 2.75) is 26.7 Å². The first-order valence-corrected chi connectivity index (χ1v) is 8.24. The van der Waals surface area contributed by atoms with E-state index < -0.39 is 17.7 Å². The maximum atomic E-state index is 13.9. The molecule has 0 unspecified atom stereocenters. The zero-order chi connectivity index (χ0) is 17.9. The van der Waals surface area contributed by atoms with Crippen LogP contribution in [0.15, 0.2) is 22.7 Å². The summed E-state index contributed by atoms with van der Waals surface area (Å²) in [7, 11) is 1.29. The zero-order valence-corrected chi connectivity index (χ0v) is 15.2. The van der Waals surface area contributed by atoms with Gasteiger partial charge in [-0.1, -0.05) is 29.3 Å². The molecule has 1 aromatic heterocycles. The van der Waals surface area contributed by atoms with E-state index in [1.54, 1.807) is 13.0 Å². The number of carbonyl (C=O) groups is 2. The van der Waals surface area contributed by atoms with Gasteiger partial charge in [-0.25, -0.2) is 9.18 Å². The van der Waals surface area contributed by atoms with Gasteiger partial charge in [-0.05, 0) is 37.1 Å². The van der Waals surface area contributed by atoms with Gasteiger partial charge in [-0.3, -0.25) is 4.79 Å². The van der Waals surface area contributed by atoms with E-state index in [0.29, 0.717) is 27.7 Å². The molecule has 24 heavy (non-hydrogen) atoms. The van der Waals surface area contributed by atoms with E-state index in [9.17, 15) is 14.0 Å². The number of halogens is 2. The molecule has 0 bridgehead atoms. The molecule has 0 saturated heterocycles. The van der Waals surface area contributed by atoms with Crippen molar-refractivity contribution in [3.63, 3.8) is 0 Å². The molecule has 5 nitrogen and oxygen atoms in total. The normalized spacial score (nSPS) is 10.5. The highest BCUT2D eigenvalue weighted by Gasteiger charge is 2.25. The highest BCUT2D eigenvalue weighted by molar-refractivity contribution is 9.10. The average molecular weight is 397 g/mol. The minimum absolute atomic E-state index is 0.0671. The number of aromatic amines is 1. The second kappa shape index (κ2) is 7.61. The fourth-order valence-electron chi connectivity index (χ4n) is 2.52. The lowest BCUT2D eigenvalue weighted by atomic mass is 10.0. The summed E-state index contributed by atoms with van der Waals surface area (Å²) in [5.74, 6) is -1.55. The summed E-state index contributed by atoms with van der Waals surface area (Å²) in [5, 5.41) is 2.53. The predicted molar refractivity (Wildman–Crippen MR) is 92.9 cm³/mol. The van der Waals surface area contributed by atoms with Crippen molar-refractivity contribution in [1.82, 2.24) is 4.98 Å². The molecular weight excluding hydrogens is 379 g/mol. The smallest absolute Gasteiger partial charge is 0.339 e. The van der Waals surface area contributed by atoms with Gasteiger partial charge in [0.15, 0.2) is 0 Å². The maximum Gasteiger partial charge on any atom is 0.339 e. The zero-order valence-electron chi connectivity index (χ0n) is 13.6. The molecule has 0 spiro atoms. The quantitative estimate of drug-likeness (QED) is 0.743. The highest BCUT2D eigenvalue weighted by atomic mass is 79.9. The Morgan fingerprint density at radius 3 is 2.67 bits per heavy atom. The first kappa shape index (κ1) is 18.2. The summed E-state index contributed by atoms with van der Waals surface area (Å²) in [6.07, 6.45) is 1.27. The van der Waals surface area contributed by atoms with Gasteiger partial charge in [0, 0.05) is 10.2 Å². The molecule has 0 radical (unpaired) electrons. The third-order valence-electron chi connectivity index (χ3n) is 3.59. The molecule has 128 valence electrons. The summed E-state index contributed by atoms with van der Waals surface area (Å²) in [5.41, 5.74) is 1.80. The Morgan fingerprint density at radius 1 is 1.38 bits per heavy atom. The van der Waals surface area contributed by atoms with Gasteiger partial charge in [-0.2, -0.15) is 0 Å². The number of esters is 1. The van der Waals surface area contributed by atoms with Crippen LogP contribution in [0.5, 0.6) is 0 Å². The number of H-pyrrole nitrogens is 1. The Hall–Kier alpha value is -2.15. The standard InChI is InChI=1S/C17H18BrFN2O3/c1-4-5-11-14(17(23)24-3)9(2)20-15(11)16(22)21-13-7-6-10(18)8-12(13)19/h6-8,20H,4-5H2,1-3H3,(H,21,22). The summed E-state index contributed by atoms with van der Waals surface area (Å²) >= 11 is 3.17. The molecule has 1 heterocycles. The molecule has 0 aliphatic carbocycles. The third-order valence-corrected chi connectivity index (χ3v) is 4.08. The summed E-state index contributed by atoms with van der Waals surface area (Å²) < 4.78 is 19.3. The average Bonchev–Trinajstić information content (AvgIpc) is 2.86. The molecule has 1 amide bonds. The Kier molecular flexibility index (Phi) is 5.77. The van der Waals surface area contributed by atoms with Crippen molar-refractivity contribution in [3.05, 3.63) is 51.0 Å². The van der Waals surface area contributed by atoms with E-state index >= 15 is 0 Å². The second-order valence-corrected chi connectivity index (χ2v) is 6.21. The van der Waals surface area contributed by atoms with E-state index in [2.05, 4.69) is 26.2 Å². The number of aryl methyl sites for hydroxylation is 1. The van der Waals surface area contributed by atoms with Crippen molar-refractivity contribution in [3.8, 4) is 0 Å². The van der Waals surface area contributed by atoms with Gasteiger partial charge in [0.25, 0.3) is 5.91 Å². The first-order chi connectivity index (χ1) is 11.4. The number of methoxy groups -OCH3 is 1.